The molecule has 29 heavy (non-hydrogen) atoms. The van der Waals surface area contributed by atoms with Crippen molar-refractivity contribution >= 4 is 28.2 Å². The maximum absolute atomic E-state index is 14.7. The molecule has 1 saturated carbocycles. The van der Waals surface area contributed by atoms with E-state index in [1.807, 2.05) is 0 Å². The fraction of sp³-hybridized carbons (Fsp3) is 0.619. The number of ketones is 1. The highest BCUT2D eigenvalue weighted by Crippen LogP contribution is 2.51. The number of esters is 1. The van der Waals surface area contributed by atoms with E-state index in [4.69, 9.17) is 4.74 Å². The minimum atomic E-state index is -2.94. The highest BCUT2D eigenvalue weighted by atomic mass is 32.3. The molecule has 1 atom stereocenters. The monoisotopic (exact) mass is 425 g/mol. The van der Waals surface area contributed by atoms with Gasteiger partial charge >= 0.3 is 5.97 Å². The van der Waals surface area contributed by atoms with Gasteiger partial charge in [-0.1, -0.05) is 18.9 Å². The molecule has 160 valence electrons. The summed E-state index contributed by atoms with van der Waals surface area (Å²) in [6.45, 7) is 0.418. The van der Waals surface area contributed by atoms with Crippen LogP contribution in [-0.2, 0) is 20.7 Å². The van der Waals surface area contributed by atoms with E-state index in [1.54, 1.807) is 12.1 Å². The molecule has 2 N–H and O–H groups in total. The minimum absolute atomic E-state index is 0.0751. The molecule has 6 nitrogen and oxygen atoms in total. The van der Waals surface area contributed by atoms with Crippen LogP contribution in [0.2, 0.25) is 0 Å². The van der Waals surface area contributed by atoms with Crippen molar-refractivity contribution in [2.45, 2.75) is 63.4 Å². The van der Waals surface area contributed by atoms with Gasteiger partial charge in [-0.05, 0) is 55.7 Å². The molecule has 0 bridgehead atoms. The summed E-state index contributed by atoms with van der Waals surface area (Å²) in [6.07, 6.45) is 5.73. The van der Waals surface area contributed by atoms with Gasteiger partial charge in [-0.15, -0.1) is 10.8 Å². The quantitative estimate of drug-likeness (QED) is 0.535. The second-order valence-electron chi connectivity index (χ2n) is 8.49. The first kappa shape index (κ1) is 20.6. The molecule has 0 amide bonds. The Morgan fingerprint density at radius 1 is 1.21 bits per heavy atom. The van der Waals surface area contributed by atoms with Crippen molar-refractivity contribution in [2.75, 3.05) is 16.6 Å². The van der Waals surface area contributed by atoms with Crippen molar-refractivity contribution < 1.29 is 27.8 Å². The molecule has 2 saturated heterocycles. The van der Waals surface area contributed by atoms with Gasteiger partial charge in [0, 0.05) is 13.0 Å². The van der Waals surface area contributed by atoms with Crippen LogP contribution >= 0.6 is 10.8 Å². The number of anilines is 1. The summed E-state index contributed by atoms with van der Waals surface area (Å²) in [5.74, 6) is -0.575. The molecule has 2 aliphatic heterocycles. The molecule has 2 heterocycles. The summed E-state index contributed by atoms with van der Waals surface area (Å²) < 4.78 is 42.1. The highest BCUT2D eigenvalue weighted by molar-refractivity contribution is 8.25. The zero-order chi connectivity index (χ0) is 20.6. The highest BCUT2D eigenvalue weighted by Gasteiger charge is 2.47. The SMILES string of the molecule is O=C1CC(=O)OC(CCc2ccc(N3CCCS3(O)O)c(F)c2)(C2CCCC2)C1. The third-order valence-corrected chi connectivity index (χ3v) is 8.43. The summed E-state index contributed by atoms with van der Waals surface area (Å²) in [7, 11) is -2.94. The number of carbonyl (C=O) groups is 2. The average molecular weight is 426 g/mol. The number of hydrogen-bond acceptors (Lipinski definition) is 6. The number of cyclic esters (lactones) is 1. The van der Waals surface area contributed by atoms with Crippen LogP contribution in [-0.4, -0.2) is 38.8 Å². The van der Waals surface area contributed by atoms with Crippen molar-refractivity contribution in [3.05, 3.63) is 29.6 Å². The van der Waals surface area contributed by atoms with Crippen molar-refractivity contribution in [3.8, 4) is 0 Å². The Morgan fingerprint density at radius 3 is 2.59 bits per heavy atom. The Labute approximate surface area is 171 Å². The molecule has 1 aliphatic carbocycles. The lowest BCUT2D eigenvalue weighted by Crippen LogP contribution is -2.48. The number of carbonyl (C=O) groups excluding carboxylic acids is 2. The molecule has 4 rings (SSSR count). The van der Waals surface area contributed by atoms with Crippen LogP contribution in [0.4, 0.5) is 10.1 Å². The summed E-state index contributed by atoms with van der Waals surface area (Å²) in [4.78, 5) is 24.2. The number of aryl methyl sites for hydroxylation is 1. The summed E-state index contributed by atoms with van der Waals surface area (Å²) >= 11 is 0. The van der Waals surface area contributed by atoms with Crippen molar-refractivity contribution in [3.63, 3.8) is 0 Å². The molecular weight excluding hydrogens is 397 g/mol. The Bertz CT molecular complexity index is 792. The molecule has 3 fully saturated rings. The van der Waals surface area contributed by atoms with E-state index in [2.05, 4.69) is 0 Å². The number of Topliss-reactive ketones (excluding diaryl/α,β-unsaturated/α-hetero) is 1. The van der Waals surface area contributed by atoms with E-state index < -0.39 is 28.2 Å². The van der Waals surface area contributed by atoms with E-state index in [1.165, 1.54) is 10.4 Å². The van der Waals surface area contributed by atoms with Crippen LogP contribution in [0.3, 0.4) is 0 Å². The number of hydrogen-bond donors (Lipinski definition) is 2. The van der Waals surface area contributed by atoms with Gasteiger partial charge in [0.25, 0.3) is 0 Å². The van der Waals surface area contributed by atoms with E-state index in [-0.39, 0.29) is 36.0 Å². The molecule has 1 unspecified atom stereocenters. The van der Waals surface area contributed by atoms with E-state index in [0.29, 0.717) is 25.8 Å². The third kappa shape index (κ3) is 4.15. The first-order valence-corrected chi connectivity index (χ1v) is 12.0. The van der Waals surface area contributed by atoms with Gasteiger partial charge in [-0.25, -0.2) is 4.39 Å². The first-order valence-electron chi connectivity index (χ1n) is 10.3. The van der Waals surface area contributed by atoms with Crippen LogP contribution in [0.1, 0.15) is 56.9 Å². The number of nitrogens with zero attached hydrogens (tertiary/aromatic N) is 1. The minimum Gasteiger partial charge on any atom is -0.458 e. The number of benzene rings is 1. The zero-order valence-corrected chi connectivity index (χ0v) is 17.3. The van der Waals surface area contributed by atoms with Crippen LogP contribution in [0, 0.1) is 11.7 Å². The van der Waals surface area contributed by atoms with Gasteiger partial charge in [0.05, 0.1) is 11.4 Å². The molecule has 0 spiro atoms. The number of ether oxygens (including phenoxy) is 1. The number of rotatable bonds is 5. The molecule has 0 aromatic heterocycles. The molecule has 8 heteroatoms. The van der Waals surface area contributed by atoms with Crippen molar-refractivity contribution in [2.24, 2.45) is 5.92 Å². The Hall–Kier alpha value is -1.64. The average Bonchev–Trinajstić information content (AvgIpc) is 3.29. The zero-order valence-electron chi connectivity index (χ0n) is 16.4. The lowest BCUT2D eigenvalue weighted by Gasteiger charge is -2.41. The summed E-state index contributed by atoms with van der Waals surface area (Å²) in [6, 6.07) is 4.78. The molecular formula is C21H28FNO5S. The predicted octanol–water partition coefficient (Wildman–Crippen LogP) is 4.47. The van der Waals surface area contributed by atoms with Gasteiger partial charge in [0.2, 0.25) is 0 Å². The second kappa shape index (κ2) is 7.89. The van der Waals surface area contributed by atoms with Gasteiger partial charge in [-0.2, -0.15) is 0 Å². The fourth-order valence-corrected chi connectivity index (χ4v) is 6.70. The summed E-state index contributed by atoms with van der Waals surface area (Å²) in [5, 5.41) is 0. The van der Waals surface area contributed by atoms with Gasteiger partial charge in [0.1, 0.15) is 23.6 Å². The Kier molecular flexibility index (Phi) is 5.61. The molecule has 3 aliphatic rings. The van der Waals surface area contributed by atoms with Crippen molar-refractivity contribution in [1.29, 1.82) is 0 Å². The van der Waals surface area contributed by atoms with Crippen LogP contribution in [0.25, 0.3) is 0 Å². The fourth-order valence-electron chi connectivity index (χ4n) is 5.08. The Morgan fingerprint density at radius 2 is 1.97 bits per heavy atom. The second-order valence-corrected chi connectivity index (χ2v) is 10.6. The van der Waals surface area contributed by atoms with E-state index in [0.717, 1.165) is 31.2 Å². The number of halogens is 1. The van der Waals surface area contributed by atoms with Gasteiger partial charge < -0.3 is 4.74 Å². The molecule has 0 radical (unpaired) electrons. The molecule has 1 aromatic carbocycles. The van der Waals surface area contributed by atoms with E-state index >= 15 is 0 Å². The smallest absolute Gasteiger partial charge is 0.313 e. The normalized spacial score (nSPS) is 28.6. The predicted molar refractivity (Wildman–Crippen MR) is 109 cm³/mol. The van der Waals surface area contributed by atoms with Crippen LogP contribution in [0.15, 0.2) is 18.2 Å². The van der Waals surface area contributed by atoms with Gasteiger partial charge in [-0.3, -0.25) is 23.0 Å². The standard InChI is InChI=1S/C21H28FNO5S/c22-18-12-15(6-7-19(18)23-10-3-11-29(23,26)27)8-9-21(16-4-1-2-5-16)14-17(24)13-20(25)28-21/h6-7,12,16,26-27H,1-5,8-11,13-14H2. The van der Waals surface area contributed by atoms with Crippen LogP contribution < -0.4 is 4.31 Å². The van der Waals surface area contributed by atoms with Crippen molar-refractivity contribution in [1.82, 2.24) is 0 Å². The third-order valence-electron chi connectivity index (χ3n) is 6.50. The Balaban J connectivity index is 1.51. The van der Waals surface area contributed by atoms with E-state index in [9.17, 15) is 23.1 Å². The van der Waals surface area contributed by atoms with Gasteiger partial charge in [0.15, 0.2) is 0 Å². The lowest BCUT2D eigenvalue weighted by atomic mass is 9.76. The van der Waals surface area contributed by atoms with Crippen LogP contribution in [0.5, 0.6) is 0 Å². The summed E-state index contributed by atoms with van der Waals surface area (Å²) in [5.41, 5.74) is 0.173. The topological polar surface area (TPSA) is 87.1 Å². The first-order chi connectivity index (χ1) is 13.8. The largest absolute Gasteiger partial charge is 0.458 e. The lowest BCUT2D eigenvalue weighted by molar-refractivity contribution is -0.178. The maximum atomic E-state index is 14.7. The maximum Gasteiger partial charge on any atom is 0.313 e. The molecule has 1 aromatic rings.